The number of nitro groups is 1. The molecule has 134 valence electrons. The molecule has 2 aromatic heterocycles. The van der Waals surface area contributed by atoms with Gasteiger partial charge in [0.15, 0.2) is 6.67 Å². The Morgan fingerprint density at radius 1 is 1.23 bits per heavy atom. The molecule has 10 nitrogen and oxygen atoms in total. The van der Waals surface area contributed by atoms with E-state index in [1.54, 1.807) is 12.3 Å². The zero-order valence-corrected chi connectivity index (χ0v) is 14.0. The summed E-state index contributed by atoms with van der Waals surface area (Å²) in [6.45, 7) is 2.11. The molecular weight excluding hydrogens is 338 g/mol. The number of carbonyl (C=O) groups is 1. The summed E-state index contributed by atoms with van der Waals surface area (Å²) in [4.78, 5) is 25.9. The number of aromatic nitrogens is 5. The molecule has 1 aromatic carbocycles. The summed E-state index contributed by atoms with van der Waals surface area (Å²) in [5, 5.41) is 21.4. The molecule has 3 rings (SSSR count). The highest BCUT2D eigenvalue weighted by Crippen LogP contribution is 2.16. The Bertz CT molecular complexity index is 903. The summed E-state index contributed by atoms with van der Waals surface area (Å²) < 4.78 is 2.72. The van der Waals surface area contributed by atoms with Gasteiger partial charge in [0.2, 0.25) is 6.33 Å². The second kappa shape index (κ2) is 7.55. The first-order valence-corrected chi connectivity index (χ1v) is 8.00. The first kappa shape index (κ1) is 17.3. The standard InChI is InChI=1S/C16H17N7O3/c1-2-13(12-6-4-3-5-7-12)18-15(24)14-8-9-21(19-14)11-22-10-17-16(20-22)23(25)26/h3-10,13H,2,11H2,1H3,(H,18,24). The minimum Gasteiger partial charge on any atom is -0.390 e. The molecular formula is C16H17N7O3. The lowest BCUT2D eigenvalue weighted by molar-refractivity contribution is -0.394. The molecule has 0 aliphatic carbocycles. The minimum absolute atomic E-state index is 0.105. The van der Waals surface area contributed by atoms with Gasteiger partial charge in [-0.1, -0.05) is 42.2 Å². The van der Waals surface area contributed by atoms with E-state index in [4.69, 9.17) is 0 Å². The van der Waals surface area contributed by atoms with Crippen LogP contribution in [0.25, 0.3) is 0 Å². The van der Waals surface area contributed by atoms with E-state index in [2.05, 4.69) is 20.5 Å². The predicted octanol–water partition coefficient (Wildman–Crippen LogP) is 1.77. The van der Waals surface area contributed by atoms with Crippen molar-refractivity contribution in [3.8, 4) is 0 Å². The van der Waals surface area contributed by atoms with Crippen molar-refractivity contribution < 1.29 is 9.72 Å². The first-order chi connectivity index (χ1) is 12.6. The maximum absolute atomic E-state index is 12.4. The number of carbonyl (C=O) groups excluding carboxylic acids is 1. The lowest BCUT2D eigenvalue weighted by Gasteiger charge is -2.16. The van der Waals surface area contributed by atoms with E-state index >= 15 is 0 Å². The third kappa shape index (κ3) is 3.91. The van der Waals surface area contributed by atoms with E-state index in [-0.39, 0.29) is 24.3 Å². The molecule has 0 saturated heterocycles. The number of amides is 1. The summed E-state index contributed by atoms with van der Waals surface area (Å²) in [6.07, 6.45) is 3.59. The monoisotopic (exact) mass is 355 g/mol. The number of nitrogens with zero attached hydrogens (tertiary/aromatic N) is 6. The molecule has 2 heterocycles. The fraction of sp³-hybridized carbons (Fsp3) is 0.250. The molecule has 0 bridgehead atoms. The SMILES string of the molecule is CCC(NC(=O)c1ccn(Cn2cnc([N+](=O)[O-])n2)n1)c1ccccc1. The molecule has 0 fully saturated rings. The number of benzene rings is 1. The predicted molar refractivity (Wildman–Crippen MR) is 91.2 cm³/mol. The van der Waals surface area contributed by atoms with Gasteiger partial charge in [0, 0.05) is 11.3 Å². The fourth-order valence-electron chi connectivity index (χ4n) is 2.49. The third-order valence-electron chi connectivity index (χ3n) is 3.77. The van der Waals surface area contributed by atoms with Crippen molar-refractivity contribution in [2.45, 2.75) is 26.1 Å². The highest BCUT2D eigenvalue weighted by molar-refractivity contribution is 5.92. The average Bonchev–Trinajstić information content (AvgIpc) is 3.30. The Balaban J connectivity index is 1.66. The van der Waals surface area contributed by atoms with E-state index in [9.17, 15) is 14.9 Å². The van der Waals surface area contributed by atoms with E-state index in [0.717, 1.165) is 12.0 Å². The molecule has 0 aliphatic rings. The van der Waals surface area contributed by atoms with E-state index < -0.39 is 10.9 Å². The van der Waals surface area contributed by atoms with Crippen LogP contribution < -0.4 is 5.32 Å². The normalized spacial score (nSPS) is 11.9. The van der Waals surface area contributed by atoms with Crippen molar-refractivity contribution in [3.05, 3.63) is 70.3 Å². The molecule has 1 atom stereocenters. The van der Waals surface area contributed by atoms with Crippen LogP contribution in [0.3, 0.4) is 0 Å². The number of rotatable bonds is 7. The number of hydrogen-bond acceptors (Lipinski definition) is 6. The third-order valence-corrected chi connectivity index (χ3v) is 3.77. The maximum Gasteiger partial charge on any atom is 0.491 e. The second-order valence-electron chi connectivity index (χ2n) is 5.57. The Morgan fingerprint density at radius 3 is 2.65 bits per heavy atom. The van der Waals surface area contributed by atoms with Gasteiger partial charge in [-0.25, -0.2) is 4.68 Å². The number of nitrogens with one attached hydrogen (secondary N) is 1. The van der Waals surface area contributed by atoms with Gasteiger partial charge >= 0.3 is 5.95 Å². The summed E-state index contributed by atoms with van der Waals surface area (Å²) in [6, 6.07) is 11.2. The van der Waals surface area contributed by atoms with Crippen LogP contribution in [0.15, 0.2) is 48.9 Å². The van der Waals surface area contributed by atoms with Crippen LogP contribution in [-0.4, -0.2) is 35.4 Å². The van der Waals surface area contributed by atoms with Crippen LogP contribution in [0, 0.1) is 10.1 Å². The second-order valence-corrected chi connectivity index (χ2v) is 5.57. The molecule has 10 heteroatoms. The first-order valence-electron chi connectivity index (χ1n) is 8.00. The van der Waals surface area contributed by atoms with Gasteiger partial charge in [-0.05, 0) is 23.0 Å². The molecule has 1 amide bonds. The molecule has 3 aromatic rings. The zero-order valence-electron chi connectivity index (χ0n) is 14.0. The van der Waals surface area contributed by atoms with Gasteiger partial charge < -0.3 is 15.4 Å². The largest absolute Gasteiger partial charge is 0.491 e. The van der Waals surface area contributed by atoms with Crippen molar-refractivity contribution in [2.24, 2.45) is 0 Å². The van der Waals surface area contributed by atoms with Crippen LogP contribution in [0.4, 0.5) is 5.95 Å². The molecule has 1 unspecified atom stereocenters. The molecule has 26 heavy (non-hydrogen) atoms. The van der Waals surface area contributed by atoms with Gasteiger partial charge in [-0.2, -0.15) is 9.78 Å². The topological polar surface area (TPSA) is 121 Å². The summed E-state index contributed by atoms with van der Waals surface area (Å²) in [5.41, 5.74) is 1.28. The lowest BCUT2D eigenvalue weighted by atomic mass is 10.0. The average molecular weight is 355 g/mol. The van der Waals surface area contributed by atoms with Crippen molar-refractivity contribution >= 4 is 11.9 Å². The van der Waals surface area contributed by atoms with Gasteiger partial charge in [-0.15, -0.1) is 0 Å². The quantitative estimate of drug-likeness (QED) is 0.509. The van der Waals surface area contributed by atoms with Crippen molar-refractivity contribution in [3.63, 3.8) is 0 Å². The summed E-state index contributed by atoms with van der Waals surface area (Å²) in [5.74, 6) is -0.771. The molecule has 0 aliphatic heterocycles. The summed E-state index contributed by atoms with van der Waals surface area (Å²) in [7, 11) is 0. The Hall–Kier alpha value is -3.56. The van der Waals surface area contributed by atoms with E-state index in [0.29, 0.717) is 0 Å². The smallest absolute Gasteiger partial charge is 0.390 e. The van der Waals surface area contributed by atoms with Gasteiger partial charge in [0.25, 0.3) is 5.91 Å². The van der Waals surface area contributed by atoms with Crippen LogP contribution in [0.5, 0.6) is 0 Å². The van der Waals surface area contributed by atoms with Crippen LogP contribution in [0.1, 0.15) is 35.4 Å². The Morgan fingerprint density at radius 2 is 2.00 bits per heavy atom. The Kier molecular flexibility index (Phi) is 5.02. The van der Waals surface area contributed by atoms with Crippen LogP contribution >= 0.6 is 0 Å². The molecule has 0 radical (unpaired) electrons. The van der Waals surface area contributed by atoms with E-state index in [1.807, 2.05) is 37.3 Å². The molecule has 0 spiro atoms. The molecule has 0 saturated carbocycles. The van der Waals surface area contributed by atoms with Gasteiger partial charge in [0.1, 0.15) is 5.69 Å². The van der Waals surface area contributed by atoms with Crippen molar-refractivity contribution in [1.82, 2.24) is 29.9 Å². The van der Waals surface area contributed by atoms with Gasteiger partial charge in [0.05, 0.1) is 6.04 Å². The van der Waals surface area contributed by atoms with Crippen LogP contribution in [0.2, 0.25) is 0 Å². The fourth-order valence-corrected chi connectivity index (χ4v) is 2.49. The highest BCUT2D eigenvalue weighted by atomic mass is 16.6. The lowest BCUT2D eigenvalue weighted by Crippen LogP contribution is -2.28. The highest BCUT2D eigenvalue weighted by Gasteiger charge is 2.17. The Labute approximate surface area is 148 Å². The summed E-state index contributed by atoms with van der Waals surface area (Å²) >= 11 is 0. The molecule has 1 N–H and O–H groups in total. The maximum atomic E-state index is 12.4. The number of hydrogen-bond donors (Lipinski definition) is 1. The van der Waals surface area contributed by atoms with Crippen molar-refractivity contribution in [2.75, 3.05) is 0 Å². The zero-order chi connectivity index (χ0) is 18.5. The minimum atomic E-state index is -0.674. The van der Waals surface area contributed by atoms with E-state index in [1.165, 1.54) is 15.7 Å². The van der Waals surface area contributed by atoms with Gasteiger partial charge in [-0.3, -0.25) is 4.79 Å². The van der Waals surface area contributed by atoms with Crippen molar-refractivity contribution in [1.29, 1.82) is 0 Å². The van der Waals surface area contributed by atoms with Crippen LogP contribution in [-0.2, 0) is 6.67 Å².